The van der Waals surface area contributed by atoms with Crippen LogP contribution in [0.5, 0.6) is 0 Å². The van der Waals surface area contributed by atoms with Gasteiger partial charge in [-0.25, -0.2) is 0 Å². The zero-order chi connectivity index (χ0) is 40.7. The summed E-state index contributed by atoms with van der Waals surface area (Å²) in [7, 11) is 0. The lowest BCUT2D eigenvalue weighted by molar-refractivity contribution is 1.18. The molecule has 2 heteroatoms. The van der Waals surface area contributed by atoms with Gasteiger partial charge in [-0.3, -0.25) is 0 Å². The first kappa shape index (κ1) is 34.6. The number of benzene rings is 11. The minimum atomic E-state index is 1.15. The molecule has 0 atom stereocenters. The van der Waals surface area contributed by atoms with Gasteiger partial charge in [0.05, 0.1) is 22.1 Å². The van der Waals surface area contributed by atoms with Gasteiger partial charge in [-0.1, -0.05) is 164 Å². The first-order valence-corrected chi connectivity index (χ1v) is 21.4. The summed E-state index contributed by atoms with van der Waals surface area (Å²) in [6.45, 7) is 0. The number of rotatable bonds is 5. The van der Waals surface area contributed by atoms with E-state index in [0.717, 1.165) is 11.4 Å². The van der Waals surface area contributed by atoms with Crippen LogP contribution in [0.3, 0.4) is 0 Å². The lowest BCUT2D eigenvalue weighted by atomic mass is 9.95. The SMILES string of the molecule is c1ccc(-c2ccc(-n3c4ccccc4c4cc(-c5ccc6c(c5)c5ccccc5n6-c5ccc(-c6ccc7c(ccc8c9ccccc9ccc78)c6)cc5)ccc43)cc2)cc1. The summed E-state index contributed by atoms with van der Waals surface area (Å²) in [6, 6.07) is 84.7. The molecule has 0 bridgehead atoms. The Bertz CT molecular complexity index is 3890. The van der Waals surface area contributed by atoms with Gasteiger partial charge in [0, 0.05) is 32.9 Å². The fourth-order valence-corrected chi connectivity index (χ4v) is 10.1. The number of nitrogens with zero attached hydrogens (tertiary/aromatic N) is 2. The summed E-state index contributed by atoms with van der Waals surface area (Å²) >= 11 is 0. The molecule has 0 N–H and O–H groups in total. The van der Waals surface area contributed by atoms with Crippen molar-refractivity contribution in [1.82, 2.24) is 9.13 Å². The second kappa shape index (κ2) is 13.7. The minimum absolute atomic E-state index is 1.15. The second-order valence-electron chi connectivity index (χ2n) is 16.5. The molecule has 2 aromatic heterocycles. The summed E-state index contributed by atoms with van der Waals surface area (Å²) in [5.41, 5.74) is 14.4. The van der Waals surface area contributed by atoms with Crippen molar-refractivity contribution in [3.63, 3.8) is 0 Å². The quantitative estimate of drug-likeness (QED) is 0.154. The Morgan fingerprint density at radius 1 is 0.194 bits per heavy atom. The highest BCUT2D eigenvalue weighted by Crippen LogP contribution is 2.39. The Labute approximate surface area is 358 Å². The highest BCUT2D eigenvalue weighted by Gasteiger charge is 2.17. The van der Waals surface area contributed by atoms with Crippen LogP contribution in [0.1, 0.15) is 0 Å². The third kappa shape index (κ3) is 5.37. The molecule has 0 radical (unpaired) electrons. The van der Waals surface area contributed by atoms with Gasteiger partial charge in [-0.05, 0) is 132 Å². The molecule has 0 unspecified atom stereocenters. The molecule has 0 aliphatic carbocycles. The van der Waals surface area contributed by atoms with E-state index in [0.29, 0.717) is 0 Å². The van der Waals surface area contributed by atoms with Crippen molar-refractivity contribution in [1.29, 1.82) is 0 Å². The van der Waals surface area contributed by atoms with E-state index in [1.807, 2.05) is 0 Å². The summed E-state index contributed by atoms with van der Waals surface area (Å²) in [6.07, 6.45) is 0. The summed E-state index contributed by atoms with van der Waals surface area (Å²) in [5.74, 6) is 0. The topological polar surface area (TPSA) is 9.86 Å². The molecule has 288 valence electrons. The molecular weight excluding hydrogens is 749 g/mol. The van der Waals surface area contributed by atoms with Crippen LogP contribution in [0.4, 0.5) is 0 Å². The van der Waals surface area contributed by atoms with E-state index < -0.39 is 0 Å². The Hall–Kier alpha value is -8.20. The van der Waals surface area contributed by atoms with Crippen molar-refractivity contribution in [3.8, 4) is 44.8 Å². The van der Waals surface area contributed by atoms with Crippen molar-refractivity contribution in [3.05, 3.63) is 231 Å². The van der Waals surface area contributed by atoms with Crippen molar-refractivity contribution < 1.29 is 0 Å². The lowest BCUT2D eigenvalue weighted by Gasteiger charge is -2.11. The Morgan fingerprint density at radius 3 is 1.18 bits per heavy atom. The fraction of sp³-hybridized carbons (Fsp3) is 0. The molecule has 0 fully saturated rings. The lowest BCUT2D eigenvalue weighted by Crippen LogP contribution is -1.94. The van der Waals surface area contributed by atoms with Crippen LogP contribution in [0.15, 0.2) is 231 Å². The number of fused-ring (bicyclic) bond motifs is 11. The van der Waals surface area contributed by atoms with Crippen LogP contribution in [-0.2, 0) is 0 Å². The Morgan fingerprint density at radius 2 is 0.581 bits per heavy atom. The first-order chi connectivity index (χ1) is 30.7. The molecule has 0 aliphatic rings. The third-order valence-corrected chi connectivity index (χ3v) is 13.1. The predicted octanol–water partition coefficient (Wildman–Crippen LogP) is 16.3. The molecule has 13 aromatic rings. The number of aromatic nitrogens is 2. The average Bonchev–Trinajstić information content (AvgIpc) is 3.86. The highest BCUT2D eigenvalue weighted by atomic mass is 15.0. The van der Waals surface area contributed by atoms with E-state index in [9.17, 15) is 0 Å². The normalized spacial score (nSPS) is 11.9. The van der Waals surface area contributed by atoms with Gasteiger partial charge in [-0.15, -0.1) is 0 Å². The van der Waals surface area contributed by atoms with E-state index in [2.05, 4.69) is 240 Å². The number of hydrogen-bond donors (Lipinski definition) is 0. The van der Waals surface area contributed by atoms with Crippen molar-refractivity contribution in [2.75, 3.05) is 0 Å². The minimum Gasteiger partial charge on any atom is -0.309 e. The molecule has 62 heavy (non-hydrogen) atoms. The van der Waals surface area contributed by atoms with Crippen LogP contribution in [0.25, 0.3) is 121 Å². The van der Waals surface area contributed by atoms with E-state index >= 15 is 0 Å². The van der Waals surface area contributed by atoms with E-state index in [1.54, 1.807) is 0 Å². The molecule has 0 amide bonds. The number of para-hydroxylation sites is 2. The van der Waals surface area contributed by atoms with Gasteiger partial charge in [0.2, 0.25) is 0 Å². The van der Waals surface area contributed by atoms with Gasteiger partial charge < -0.3 is 9.13 Å². The zero-order valence-electron chi connectivity index (χ0n) is 33.8. The second-order valence-corrected chi connectivity index (χ2v) is 16.5. The molecule has 0 spiro atoms. The summed E-state index contributed by atoms with van der Waals surface area (Å²) in [5, 5.41) is 12.7. The van der Waals surface area contributed by atoms with Crippen LogP contribution >= 0.6 is 0 Å². The predicted molar refractivity (Wildman–Crippen MR) is 264 cm³/mol. The average molecular weight is 787 g/mol. The maximum Gasteiger partial charge on any atom is 0.0541 e. The van der Waals surface area contributed by atoms with Gasteiger partial charge in [0.1, 0.15) is 0 Å². The molecule has 2 heterocycles. The van der Waals surface area contributed by atoms with E-state index in [1.165, 1.54) is 109 Å². The molecule has 0 aliphatic heterocycles. The molecule has 0 saturated carbocycles. The fourth-order valence-electron chi connectivity index (χ4n) is 10.1. The van der Waals surface area contributed by atoms with E-state index in [4.69, 9.17) is 0 Å². The smallest absolute Gasteiger partial charge is 0.0541 e. The molecular formula is C60H38N2. The van der Waals surface area contributed by atoms with Crippen molar-refractivity contribution >= 4 is 75.9 Å². The maximum atomic E-state index is 2.41. The summed E-state index contributed by atoms with van der Waals surface area (Å²) < 4.78 is 4.81. The van der Waals surface area contributed by atoms with Gasteiger partial charge in [0.15, 0.2) is 0 Å². The van der Waals surface area contributed by atoms with Crippen LogP contribution in [-0.4, -0.2) is 9.13 Å². The van der Waals surface area contributed by atoms with Gasteiger partial charge in [-0.2, -0.15) is 0 Å². The Balaban J connectivity index is 0.867. The summed E-state index contributed by atoms with van der Waals surface area (Å²) in [4.78, 5) is 0. The van der Waals surface area contributed by atoms with Crippen LogP contribution < -0.4 is 0 Å². The maximum absolute atomic E-state index is 2.41. The van der Waals surface area contributed by atoms with Gasteiger partial charge in [0.25, 0.3) is 0 Å². The molecule has 13 rings (SSSR count). The third-order valence-electron chi connectivity index (χ3n) is 13.1. The largest absolute Gasteiger partial charge is 0.309 e. The number of hydrogen-bond acceptors (Lipinski definition) is 0. The van der Waals surface area contributed by atoms with Crippen LogP contribution in [0, 0.1) is 0 Å². The van der Waals surface area contributed by atoms with E-state index in [-0.39, 0.29) is 0 Å². The Kier molecular flexibility index (Phi) is 7.64. The van der Waals surface area contributed by atoms with Crippen molar-refractivity contribution in [2.45, 2.75) is 0 Å². The van der Waals surface area contributed by atoms with Gasteiger partial charge >= 0.3 is 0 Å². The monoisotopic (exact) mass is 786 g/mol. The zero-order valence-corrected chi connectivity index (χ0v) is 33.8. The van der Waals surface area contributed by atoms with Crippen molar-refractivity contribution in [2.24, 2.45) is 0 Å². The first-order valence-electron chi connectivity index (χ1n) is 21.4. The van der Waals surface area contributed by atoms with Crippen LogP contribution in [0.2, 0.25) is 0 Å². The highest BCUT2D eigenvalue weighted by molar-refractivity contribution is 6.18. The standard InChI is InChI=1S/C60H38N2/c1-2-10-39(11-3-1)40-18-27-47(28-19-40)61-57-16-8-6-14-53(57)55-37-44(25-34-59(55)61)45-26-35-60-56(38-45)54-15-7-9-17-58(54)62(60)48-29-20-41(21-30-48)43-23-31-50-46(36-43)24-33-51-49-13-5-4-12-42(49)22-32-52(50)51/h1-38H. The molecule has 11 aromatic carbocycles. The molecule has 0 saturated heterocycles. The molecule has 2 nitrogen and oxygen atoms in total.